The first-order valence-corrected chi connectivity index (χ1v) is 6.97. The lowest BCUT2D eigenvalue weighted by atomic mass is 10.2. The van der Waals surface area contributed by atoms with Crippen molar-refractivity contribution < 1.29 is 13.6 Å². The summed E-state index contributed by atoms with van der Waals surface area (Å²) in [5.41, 5.74) is -1.17. The molecule has 0 bridgehead atoms. The average molecular weight is 343 g/mol. The van der Waals surface area contributed by atoms with Gasteiger partial charge in [-0.25, -0.2) is 4.98 Å². The van der Waals surface area contributed by atoms with Gasteiger partial charge in [-0.2, -0.15) is 8.78 Å². The minimum absolute atomic E-state index is 0.0489. The molecule has 0 aliphatic rings. The van der Waals surface area contributed by atoms with Crippen LogP contribution >= 0.6 is 11.6 Å². The highest BCUT2D eigenvalue weighted by molar-refractivity contribution is 6.29. The second-order valence-corrected chi connectivity index (χ2v) is 5.18. The quantitative estimate of drug-likeness (QED) is 0.869. The van der Waals surface area contributed by atoms with Gasteiger partial charge >= 0.3 is 5.92 Å². The third-order valence-corrected chi connectivity index (χ3v) is 3.21. The highest BCUT2D eigenvalue weighted by Gasteiger charge is 2.33. The summed E-state index contributed by atoms with van der Waals surface area (Å²) in [4.78, 5) is 30.6. The van der Waals surface area contributed by atoms with Gasteiger partial charge in [0.25, 0.3) is 5.56 Å². The lowest BCUT2D eigenvalue weighted by Gasteiger charge is -2.17. The lowest BCUT2D eigenvalue weighted by Crippen LogP contribution is -2.32. The van der Waals surface area contributed by atoms with Crippen molar-refractivity contribution >= 4 is 23.2 Å². The van der Waals surface area contributed by atoms with Crippen molar-refractivity contribution in [1.82, 2.24) is 14.5 Å². The molecule has 1 N–H and O–H groups in total. The van der Waals surface area contributed by atoms with Crippen LogP contribution in [0.3, 0.4) is 0 Å². The third-order valence-electron chi connectivity index (χ3n) is 2.90. The molecule has 9 heteroatoms. The molecule has 0 aliphatic heterocycles. The number of halogens is 3. The van der Waals surface area contributed by atoms with Crippen LogP contribution in [0, 0.1) is 0 Å². The summed E-state index contributed by atoms with van der Waals surface area (Å²) < 4.78 is 29.0. The number of nitrogens with zero attached hydrogens (tertiary/aromatic N) is 3. The van der Waals surface area contributed by atoms with Crippen LogP contribution in [-0.2, 0) is 17.3 Å². The van der Waals surface area contributed by atoms with Gasteiger partial charge in [-0.1, -0.05) is 17.7 Å². The van der Waals surface area contributed by atoms with Gasteiger partial charge in [0.2, 0.25) is 0 Å². The SMILES string of the molecule is CC(=O)Cn1c(Cl)cnc(NCC(F)(F)c2ccccn2)c1=O. The van der Waals surface area contributed by atoms with E-state index >= 15 is 0 Å². The molecule has 0 fully saturated rings. The molecule has 0 aliphatic carbocycles. The summed E-state index contributed by atoms with van der Waals surface area (Å²) in [5, 5.41) is 2.24. The van der Waals surface area contributed by atoms with Crippen molar-refractivity contribution in [3.63, 3.8) is 0 Å². The summed E-state index contributed by atoms with van der Waals surface area (Å²) in [6.07, 6.45) is 2.37. The molecule has 0 saturated heterocycles. The predicted octanol–water partition coefficient (Wildman–Crippen LogP) is 2.08. The van der Waals surface area contributed by atoms with Gasteiger partial charge < -0.3 is 5.32 Å². The fourth-order valence-corrected chi connectivity index (χ4v) is 2.01. The molecule has 0 atom stereocenters. The summed E-state index contributed by atoms with van der Waals surface area (Å²) in [5.74, 6) is -3.91. The van der Waals surface area contributed by atoms with Crippen LogP contribution < -0.4 is 10.9 Å². The molecule has 2 aromatic rings. The van der Waals surface area contributed by atoms with Crippen molar-refractivity contribution in [2.45, 2.75) is 19.4 Å². The highest BCUT2D eigenvalue weighted by atomic mass is 35.5. The number of nitrogens with one attached hydrogen (secondary N) is 1. The smallest absolute Gasteiger partial charge is 0.306 e. The fourth-order valence-electron chi connectivity index (χ4n) is 1.82. The molecule has 2 rings (SSSR count). The maximum atomic E-state index is 14.0. The lowest BCUT2D eigenvalue weighted by molar-refractivity contribution is -0.117. The first-order chi connectivity index (χ1) is 10.8. The molecule has 23 heavy (non-hydrogen) atoms. The Labute approximate surface area is 135 Å². The van der Waals surface area contributed by atoms with Gasteiger partial charge in [-0.05, 0) is 19.1 Å². The Hall–Kier alpha value is -2.35. The number of carbonyl (C=O) groups excluding carboxylic acids is 1. The molecule has 0 amide bonds. The van der Waals surface area contributed by atoms with E-state index in [2.05, 4.69) is 15.3 Å². The second kappa shape index (κ2) is 6.82. The predicted molar refractivity (Wildman–Crippen MR) is 80.8 cm³/mol. The maximum Gasteiger partial charge on any atom is 0.306 e. The van der Waals surface area contributed by atoms with E-state index in [1.54, 1.807) is 0 Å². The number of Topliss-reactive ketones (excluding diaryl/α,β-unsaturated/α-hetero) is 1. The Morgan fingerprint density at radius 3 is 2.74 bits per heavy atom. The minimum atomic E-state index is -3.29. The molecule has 122 valence electrons. The van der Waals surface area contributed by atoms with E-state index in [9.17, 15) is 18.4 Å². The van der Waals surface area contributed by atoms with Crippen LogP contribution in [0.15, 0.2) is 35.4 Å². The van der Waals surface area contributed by atoms with Crippen molar-refractivity contribution in [2.24, 2.45) is 0 Å². The number of ketones is 1. The van der Waals surface area contributed by atoms with Gasteiger partial charge in [0.05, 0.1) is 19.3 Å². The molecule has 0 saturated carbocycles. The van der Waals surface area contributed by atoms with Gasteiger partial charge in [0, 0.05) is 6.20 Å². The van der Waals surface area contributed by atoms with Gasteiger partial charge in [0.15, 0.2) is 5.82 Å². The number of hydrogen-bond donors (Lipinski definition) is 1. The van der Waals surface area contributed by atoms with Crippen LogP contribution in [0.4, 0.5) is 14.6 Å². The summed E-state index contributed by atoms with van der Waals surface area (Å²) >= 11 is 5.79. The van der Waals surface area contributed by atoms with E-state index < -0.39 is 23.7 Å². The first-order valence-electron chi connectivity index (χ1n) is 6.59. The molecule has 2 heterocycles. The van der Waals surface area contributed by atoms with E-state index in [1.807, 2.05) is 0 Å². The molecular formula is C14H13ClF2N4O2. The number of rotatable bonds is 6. The van der Waals surface area contributed by atoms with E-state index in [-0.39, 0.29) is 23.3 Å². The highest BCUT2D eigenvalue weighted by Crippen LogP contribution is 2.25. The summed E-state index contributed by atoms with van der Waals surface area (Å²) in [6, 6.07) is 4.15. The zero-order valence-electron chi connectivity index (χ0n) is 12.1. The van der Waals surface area contributed by atoms with Crippen LogP contribution in [-0.4, -0.2) is 26.9 Å². The van der Waals surface area contributed by atoms with Crippen LogP contribution in [0.5, 0.6) is 0 Å². The number of anilines is 1. The Morgan fingerprint density at radius 1 is 1.39 bits per heavy atom. The molecule has 2 aromatic heterocycles. The van der Waals surface area contributed by atoms with E-state index in [1.165, 1.54) is 31.3 Å². The zero-order valence-corrected chi connectivity index (χ0v) is 12.8. The van der Waals surface area contributed by atoms with E-state index in [0.717, 1.165) is 10.8 Å². The van der Waals surface area contributed by atoms with Crippen molar-refractivity contribution in [3.8, 4) is 0 Å². The van der Waals surface area contributed by atoms with Gasteiger partial charge in [-0.3, -0.25) is 19.1 Å². The normalized spacial score (nSPS) is 11.3. The molecule has 6 nitrogen and oxygen atoms in total. The molecule has 0 aromatic carbocycles. The Balaban J connectivity index is 2.21. The fraction of sp³-hybridized carbons (Fsp3) is 0.286. The van der Waals surface area contributed by atoms with Crippen molar-refractivity contribution in [2.75, 3.05) is 11.9 Å². The molecule has 0 spiro atoms. The number of pyridine rings is 1. The Bertz CT molecular complexity index is 765. The second-order valence-electron chi connectivity index (χ2n) is 4.80. The maximum absolute atomic E-state index is 14.0. The average Bonchev–Trinajstić information content (AvgIpc) is 2.51. The monoisotopic (exact) mass is 342 g/mol. The zero-order chi connectivity index (χ0) is 17.0. The van der Waals surface area contributed by atoms with Crippen LogP contribution in [0.2, 0.25) is 5.15 Å². The molecule has 0 radical (unpaired) electrons. The third kappa shape index (κ3) is 4.10. The minimum Gasteiger partial charge on any atom is -0.359 e. The van der Waals surface area contributed by atoms with E-state index in [0.29, 0.717) is 0 Å². The van der Waals surface area contributed by atoms with Crippen molar-refractivity contribution in [1.29, 1.82) is 0 Å². The molecular weight excluding hydrogens is 330 g/mol. The van der Waals surface area contributed by atoms with E-state index in [4.69, 9.17) is 11.6 Å². The number of aromatic nitrogens is 3. The van der Waals surface area contributed by atoms with Crippen LogP contribution in [0.1, 0.15) is 12.6 Å². The largest absolute Gasteiger partial charge is 0.359 e. The first kappa shape index (κ1) is 17.0. The van der Waals surface area contributed by atoms with Gasteiger partial charge in [0.1, 0.15) is 16.6 Å². The van der Waals surface area contributed by atoms with Crippen molar-refractivity contribution in [3.05, 3.63) is 51.8 Å². The molecule has 0 unspecified atom stereocenters. The summed E-state index contributed by atoms with van der Waals surface area (Å²) in [7, 11) is 0. The number of alkyl halides is 2. The number of hydrogen-bond acceptors (Lipinski definition) is 5. The van der Waals surface area contributed by atoms with Gasteiger partial charge in [-0.15, -0.1) is 0 Å². The summed E-state index contributed by atoms with van der Waals surface area (Å²) in [6.45, 7) is 0.158. The number of carbonyl (C=O) groups is 1. The van der Waals surface area contributed by atoms with Crippen LogP contribution in [0.25, 0.3) is 0 Å². The topological polar surface area (TPSA) is 76.9 Å². The Kier molecular flexibility index (Phi) is 5.05. The standard InChI is InChI=1S/C14H13ClF2N4O2/c1-9(22)7-21-11(15)6-19-12(13(21)23)20-8-14(16,17)10-4-2-3-5-18-10/h2-6H,7-8H2,1H3,(H,19,20). The Morgan fingerprint density at radius 2 is 2.13 bits per heavy atom.